The van der Waals surface area contributed by atoms with Gasteiger partial charge in [-0.1, -0.05) is 30.3 Å². The minimum Gasteiger partial charge on any atom is -0.337 e. The van der Waals surface area contributed by atoms with Gasteiger partial charge in [0.1, 0.15) is 11.5 Å². The van der Waals surface area contributed by atoms with E-state index in [1.165, 1.54) is 5.56 Å². The van der Waals surface area contributed by atoms with Crippen LogP contribution in [-0.4, -0.2) is 44.1 Å². The number of nitrogens with zero attached hydrogens (tertiary/aromatic N) is 4. The van der Waals surface area contributed by atoms with Crippen molar-refractivity contribution in [1.82, 2.24) is 25.1 Å². The Kier molecular flexibility index (Phi) is 4.31. The highest BCUT2D eigenvalue weighted by atomic mass is 32.1. The number of carbonyl (C=O) groups excluding carboxylic acids is 1. The third-order valence-electron chi connectivity index (χ3n) is 4.42. The van der Waals surface area contributed by atoms with Crippen LogP contribution in [0.25, 0.3) is 0 Å². The first kappa shape index (κ1) is 16.0. The van der Waals surface area contributed by atoms with Crippen LogP contribution in [0, 0.1) is 6.92 Å². The van der Waals surface area contributed by atoms with Crippen LogP contribution in [0.4, 0.5) is 0 Å². The molecule has 2 aromatic heterocycles. The van der Waals surface area contributed by atoms with Crippen LogP contribution in [0.2, 0.25) is 0 Å². The Hall–Kier alpha value is -2.54. The lowest BCUT2D eigenvalue weighted by atomic mass is 10.1. The number of thiazole rings is 1. The van der Waals surface area contributed by atoms with E-state index in [4.69, 9.17) is 0 Å². The number of nitrogens with one attached hydrogen (secondary N) is 1. The average molecular weight is 353 g/mol. The fourth-order valence-corrected chi connectivity index (χ4v) is 3.92. The number of hydrogen-bond acceptors (Lipinski definition) is 5. The Morgan fingerprint density at radius 2 is 2.16 bits per heavy atom. The summed E-state index contributed by atoms with van der Waals surface area (Å²) < 4.78 is 0. The summed E-state index contributed by atoms with van der Waals surface area (Å²) >= 11 is 1.54. The largest absolute Gasteiger partial charge is 0.337 e. The fourth-order valence-electron chi connectivity index (χ4n) is 3.12. The molecular weight excluding hydrogens is 334 g/mol. The summed E-state index contributed by atoms with van der Waals surface area (Å²) in [5.74, 6) is 1.82. The molecule has 25 heavy (non-hydrogen) atoms. The monoisotopic (exact) mass is 353 g/mol. The summed E-state index contributed by atoms with van der Waals surface area (Å²) in [6.45, 7) is 3.27. The van der Waals surface area contributed by atoms with Gasteiger partial charge in [0.2, 0.25) is 0 Å². The zero-order chi connectivity index (χ0) is 17.2. The maximum Gasteiger partial charge on any atom is 0.273 e. The number of amides is 1. The van der Waals surface area contributed by atoms with Gasteiger partial charge in [-0.2, -0.15) is 5.10 Å². The number of likely N-dealkylation sites (tertiary alicyclic amines) is 1. The van der Waals surface area contributed by atoms with Gasteiger partial charge >= 0.3 is 0 Å². The summed E-state index contributed by atoms with van der Waals surface area (Å²) in [5, 5.41) is 9.93. The van der Waals surface area contributed by atoms with E-state index in [1.807, 2.05) is 35.4 Å². The molecule has 3 heterocycles. The lowest BCUT2D eigenvalue weighted by Crippen LogP contribution is -2.28. The molecule has 1 aliphatic rings. The molecule has 1 amide bonds. The normalized spacial score (nSPS) is 17.2. The summed E-state index contributed by atoms with van der Waals surface area (Å²) in [7, 11) is 0. The van der Waals surface area contributed by atoms with Gasteiger partial charge in [0, 0.05) is 30.8 Å². The van der Waals surface area contributed by atoms with Crippen LogP contribution < -0.4 is 0 Å². The molecule has 128 valence electrons. The molecule has 6 nitrogen and oxygen atoms in total. The molecule has 0 saturated carbocycles. The van der Waals surface area contributed by atoms with E-state index >= 15 is 0 Å². The molecule has 0 spiro atoms. The number of aromatic nitrogens is 4. The van der Waals surface area contributed by atoms with Gasteiger partial charge in [0.05, 0.1) is 5.01 Å². The molecule has 1 N–H and O–H groups in total. The third-order valence-corrected chi connectivity index (χ3v) is 5.27. The first-order valence-corrected chi connectivity index (χ1v) is 9.23. The molecule has 3 aromatic rings. The van der Waals surface area contributed by atoms with E-state index in [-0.39, 0.29) is 11.8 Å². The molecular formula is C18H19N5OS. The topological polar surface area (TPSA) is 74.8 Å². The zero-order valence-electron chi connectivity index (χ0n) is 14.0. The second kappa shape index (κ2) is 6.76. The van der Waals surface area contributed by atoms with Crippen molar-refractivity contribution in [3.63, 3.8) is 0 Å². The number of carbonyl (C=O) groups is 1. The van der Waals surface area contributed by atoms with Crippen molar-refractivity contribution in [3.05, 3.63) is 63.6 Å². The van der Waals surface area contributed by atoms with E-state index in [0.717, 1.165) is 36.0 Å². The van der Waals surface area contributed by atoms with Crippen molar-refractivity contribution in [2.75, 3.05) is 13.1 Å². The molecule has 1 aliphatic heterocycles. The average Bonchev–Trinajstić information content (AvgIpc) is 3.35. The summed E-state index contributed by atoms with van der Waals surface area (Å²) in [5.41, 5.74) is 1.75. The van der Waals surface area contributed by atoms with Crippen molar-refractivity contribution in [1.29, 1.82) is 0 Å². The van der Waals surface area contributed by atoms with Crippen molar-refractivity contribution >= 4 is 17.2 Å². The van der Waals surface area contributed by atoms with Crippen LogP contribution in [0.1, 0.15) is 45.0 Å². The first-order valence-electron chi connectivity index (χ1n) is 8.35. The summed E-state index contributed by atoms with van der Waals surface area (Å²) in [6, 6.07) is 10.2. The highest BCUT2D eigenvalue weighted by Crippen LogP contribution is 2.26. The quantitative estimate of drug-likeness (QED) is 0.783. The summed E-state index contributed by atoms with van der Waals surface area (Å²) in [4.78, 5) is 23.5. The number of H-pyrrole nitrogens is 1. The van der Waals surface area contributed by atoms with Crippen molar-refractivity contribution in [3.8, 4) is 0 Å². The molecule has 1 unspecified atom stereocenters. The van der Waals surface area contributed by atoms with Gasteiger partial charge in [0.25, 0.3) is 5.91 Å². The smallest absolute Gasteiger partial charge is 0.273 e. The van der Waals surface area contributed by atoms with Crippen LogP contribution >= 0.6 is 11.3 Å². The number of benzene rings is 1. The second-order valence-corrected chi connectivity index (χ2v) is 7.25. The van der Waals surface area contributed by atoms with Crippen LogP contribution in [0.3, 0.4) is 0 Å². The van der Waals surface area contributed by atoms with E-state index in [2.05, 4.69) is 32.3 Å². The molecule has 7 heteroatoms. The van der Waals surface area contributed by atoms with E-state index < -0.39 is 0 Å². The maximum absolute atomic E-state index is 12.7. The number of hydrogen-bond donors (Lipinski definition) is 1. The van der Waals surface area contributed by atoms with Gasteiger partial charge in [0.15, 0.2) is 5.82 Å². The number of aromatic amines is 1. The fraction of sp³-hybridized carbons (Fsp3) is 0.333. The van der Waals surface area contributed by atoms with Crippen LogP contribution in [-0.2, 0) is 6.42 Å². The predicted molar refractivity (Wildman–Crippen MR) is 95.7 cm³/mol. The van der Waals surface area contributed by atoms with Gasteiger partial charge in [-0.15, -0.1) is 11.3 Å². The van der Waals surface area contributed by atoms with Crippen molar-refractivity contribution < 1.29 is 4.79 Å². The molecule has 1 atom stereocenters. The van der Waals surface area contributed by atoms with E-state index in [1.54, 1.807) is 11.3 Å². The Labute approximate surface area is 149 Å². The SMILES string of the molecule is Cc1nc(C2CCN(C(=O)c3csc(Cc4ccccc4)n3)C2)n[nH]1. The molecule has 1 aromatic carbocycles. The minimum atomic E-state index is 0.00493. The van der Waals surface area contributed by atoms with Gasteiger partial charge in [-0.25, -0.2) is 9.97 Å². The summed E-state index contributed by atoms with van der Waals surface area (Å²) in [6.07, 6.45) is 1.65. The lowest BCUT2D eigenvalue weighted by molar-refractivity contribution is 0.0785. The Balaban J connectivity index is 1.42. The number of rotatable bonds is 4. The van der Waals surface area contributed by atoms with Gasteiger partial charge in [-0.05, 0) is 18.9 Å². The molecule has 4 rings (SSSR count). The molecule has 0 bridgehead atoms. The van der Waals surface area contributed by atoms with Gasteiger partial charge in [-0.3, -0.25) is 9.89 Å². The Bertz CT molecular complexity index is 872. The first-order chi connectivity index (χ1) is 12.2. The highest BCUT2D eigenvalue weighted by Gasteiger charge is 2.31. The van der Waals surface area contributed by atoms with Crippen molar-refractivity contribution in [2.24, 2.45) is 0 Å². The lowest BCUT2D eigenvalue weighted by Gasteiger charge is -2.14. The molecule has 0 radical (unpaired) electrons. The highest BCUT2D eigenvalue weighted by molar-refractivity contribution is 7.09. The zero-order valence-corrected chi connectivity index (χ0v) is 14.8. The molecule has 1 fully saturated rings. The number of aryl methyl sites for hydroxylation is 1. The predicted octanol–water partition coefficient (Wildman–Crippen LogP) is 2.79. The Morgan fingerprint density at radius 1 is 1.32 bits per heavy atom. The third kappa shape index (κ3) is 3.46. The van der Waals surface area contributed by atoms with Gasteiger partial charge < -0.3 is 4.90 Å². The standard InChI is InChI=1S/C18H19N5OS/c1-12-19-17(22-21-12)14-7-8-23(10-14)18(24)15-11-25-16(20-15)9-13-5-3-2-4-6-13/h2-6,11,14H,7-10H2,1H3,(H,19,21,22). The Morgan fingerprint density at radius 3 is 2.92 bits per heavy atom. The van der Waals surface area contributed by atoms with Crippen molar-refractivity contribution in [2.45, 2.75) is 25.7 Å². The second-order valence-electron chi connectivity index (χ2n) is 6.30. The minimum absolute atomic E-state index is 0.00493. The van der Waals surface area contributed by atoms with Crippen LogP contribution in [0.5, 0.6) is 0 Å². The van der Waals surface area contributed by atoms with Crippen LogP contribution in [0.15, 0.2) is 35.7 Å². The van der Waals surface area contributed by atoms with E-state index in [9.17, 15) is 4.79 Å². The molecule has 1 saturated heterocycles. The maximum atomic E-state index is 12.7. The van der Waals surface area contributed by atoms with E-state index in [0.29, 0.717) is 12.2 Å². The molecule has 0 aliphatic carbocycles.